The van der Waals surface area contributed by atoms with Gasteiger partial charge in [-0.2, -0.15) is 0 Å². The highest BCUT2D eigenvalue weighted by molar-refractivity contribution is 5.78. The highest BCUT2D eigenvalue weighted by Crippen LogP contribution is 2.23. The Morgan fingerprint density at radius 1 is 1.25 bits per heavy atom. The maximum absolute atomic E-state index is 13.3. The minimum atomic E-state index is -0.656. The fourth-order valence-electron chi connectivity index (χ4n) is 1.60. The molecule has 0 unspecified atom stereocenters. The van der Waals surface area contributed by atoms with Gasteiger partial charge in [0.05, 0.1) is 6.54 Å². The third-order valence-corrected chi connectivity index (χ3v) is 2.31. The number of nitrogens with one attached hydrogen (secondary N) is 1. The summed E-state index contributed by atoms with van der Waals surface area (Å²) in [5.74, 6) is -0.622. The molecule has 0 aliphatic rings. The van der Waals surface area contributed by atoms with Gasteiger partial charge in [0.2, 0.25) is 0 Å². The molecule has 2 rings (SSSR count). The summed E-state index contributed by atoms with van der Waals surface area (Å²) >= 11 is 0. The van der Waals surface area contributed by atoms with Crippen LogP contribution in [0, 0.1) is 11.6 Å². The monoisotopic (exact) mass is 225 g/mol. The summed E-state index contributed by atoms with van der Waals surface area (Å²) in [6.07, 6.45) is 1.02. The molecular formula is C12H13F2NO. The molecule has 0 atom stereocenters. The second-order valence-electron chi connectivity index (χ2n) is 3.70. The first-order valence-corrected chi connectivity index (χ1v) is 5.29. The molecule has 16 heavy (non-hydrogen) atoms. The number of rotatable bonds is 4. The van der Waals surface area contributed by atoms with Crippen LogP contribution in [0.2, 0.25) is 0 Å². The first kappa shape index (κ1) is 11.1. The van der Waals surface area contributed by atoms with Gasteiger partial charge in [-0.1, -0.05) is 6.92 Å². The van der Waals surface area contributed by atoms with Crippen molar-refractivity contribution in [1.82, 2.24) is 5.32 Å². The third kappa shape index (κ3) is 2.22. The van der Waals surface area contributed by atoms with Crippen molar-refractivity contribution in [3.63, 3.8) is 0 Å². The lowest BCUT2D eigenvalue weighted by atomic mass is 10.2. The minimum absolute atomic E-state index is 0.120. The standard InChI is InChI=1S/C12H13F2NO/c1-2-3-15-7-10-5-8-4-9(13)6-11(14)12(8)16-10/h4-6,15H,2-3,7H2,1H3. The maximum atomic E-state index is 13.3. The Kier molecular flexibility index (Phi) is 3.19. The molecule has 1 heterocycles. The largest absolute Gasteiger partial charge is 0.457 e. The summed E-state index contributed by atoms with van der Waals surface area (Å²) in [6, 6.07) is 3.75. The summed E-state index contributed by atoms with van der Waals surface area (Å²) in [5, 5.41) is 3.60. The van der Waals surface area contributed by atoms with E-state index in [9.17, 15) is 8.78 Å². The molecule has 0 radical (unpaired) electrons. The van der Waals surface area contributed by atoms with E-state index in [0.717, 1.165) is 19.0 Å². The Hall–Kier alpha value is -1.42. The van der Waals surface area contributed by atoms with Crippen LogP contribution in [0.15, 0.2) is 22.6 Å². The number of fused-ring (bicyclic) bond motifs is 1. The summed E-state index contributed by atoms with van der Waals surface area (Å²) in [6.45, 7) is 3.46. The second-order valence-corrected chi connectivity index (χ2v) is 3.70. The molecule has 0 spiro atoms. The third-order valence-electron chi connectivity index (χ3n) is 2.31. The average Bonchev–Trinajstić information content (AvgIpc) is 2.61. The van der Waals surface area contributed by atoms with E-state index >= 15 is 0 Å². The van der Waals surface area contributed by atoms with Crippen LogP contribution in [0.1, 0.15) is 19.1 Å². The van der Waals surface area contributed by atoms with Gasteiger partial charge in [-0.15, -0.1) is 0 Å². The maximum Gasteiger partial charge on any atom is 0.170 e. The summed E-state index contributed by atoms with van der Waals surface area (Å²) in [4.78, 5) is 0. The molecule has 0 saturated carbocycles. The molecule has 2 aromatic rings. The smallest absolute Gasteiger partial charge is 0.170 e. The van der Waals surface area contributed by atoms with Gasteiger partial charge in [-0.05, 0) is 25.1 Å². The summed E-state index contributed by atoms with van der Waals surface area (Å²) < 4.78 is 31.5. The lowest BCUT2D eigenvalue weighted by Crippen LogP contribution is -2.12. The second kappa shape index (κ2) is 4.61. The Bertz CT molecular complexity index is 493. The summed E-state index contributed by atoms with van der Waals surface area (Å²) in [5.41, 5.74) is 0.120. The molecule has 86 valence electrons. The van der Waals surface area contributed by atoms with E-state index in [4.69, 9.17) is 4.42 Å². The molecule has 0 aliphatic heterocycles. The molecule has 1 N–H and O–H groups in total. The van der Waals surface area contributed by atoms with Crippen molar-refractivity contribution >= 4 is 11.0 Å². The lowest BCUT2D eigenvalue weighted by molar-refractivity contribution is 0.492. The number of benzene rings is 1. The van der Waals surface area contributed by atoms with Gasteiger partial charge in [0.1, 0.15) is 11.6 Å². The van der Waals surface area contributed by atoms with Gasteiger partial charge in [0, 0.05) is 11.5 Å². The van der Waals surface area contributed by atoms with Crippen molar-refractivity contribution in [2.75, 3.05) is 6.54 Å². The van der Waals surface area contributed by atoms with Gasteiger partial charge in [0.15, 0.2) is 11.4 Å². The highest BCUT2D eigenvalue weighted by Gasteiger charge is 2.09. The highest BCUT2D eigenvalue weighted by atomic mass is 19.1. The van der Waals surface area contributed by atoms with Gasteiger partial charge < -0.3 is 9.73 Å². The minimum Gasteiger partial charge on any atom is -0.457 e. The molecular weight excluding hydrogens is 212 g/mol. The van der Waals surface area contributed by atoms with E-state index in [-0.39, 0.29) is 5.58 Å². The van der Waals surface area contributed by atoms with Crippen LogP contribution in [-0.2, 0) is 6.54 Å². The molecule has 1 aromatic heterocycles. The lowest BCUT2D eigenvalue weighted by Gasteiger charge is -1.97. The van der Waals surface area contributed by atoms with Gasteiger partial charge in [-0.3, -0.25) is 0 Å². The molecule has 2 nitrogen and oxygen atoms in total. The number of hydrogen-bond donors (Lipinski definition) is 1. The van der Waals surface area contributed by atoms with Gasteiger partial charge in [0.25, 0.3) is 0 Å². The van der Waals surface area contributed by atoms with Crippen molar-refractivity contribution in [3.05, 3.63) is 35.6 Å². The van der Waals surface area contributed by atoms with Crippen LogP contribution in [0.4, 0.5) is 8.78 Å². The van der Waals surface area contributed by atoms with Gasteiger partial charge >= 0.3 is 0 Å². The van der Waals surface area contributed by atoms with Crippen LogP contribution >= 0.6 is 0 Å². The van der Waals surface area contributed by atoms with Crippen LogP contribution in [-0.4, -0.2) is 6.54 Å². The van der Waals surface area contributed by atoms with Crippen molar-refractivity contribution < 1.29 is 13.2 Å². The topological polar surface area (TPSA) is 25.2 Å². The van der Waals surface area contributed by atoms with Crippen molar-refractivity contribution in [3.8, 4) is 0 Å². The van der Waals surface area contributed by atoms with E-state index in [2.05, 4.69) is 12.2 Å². The Morgan fingerprint density at radius 2 is 2.06 bits per heavy atom. The zero-order valence-corrected chi connectivity index (χ0v) is 9.02. The van der Waals surface area contributed by atoms with E-state index in [1.54, 1.807) is 6.07 Å². The first-order valence-electron chi connectivity index (χ1n) is 5.29. The number of hydrogen-bond acceptors (Lipinski definition) is 2. The molecule has 4 heteroatoms. The quantitative estimate of drug-likeness (QED) is 0.808. The Labute approximate surface area is 92.2 Å². The zero-order valence-electron chi connectivity index (χ0n) is 9.02. The molecule has 1 aromatic carbocycles. The van der Waals surface area contributed by atoms with E-state index in [1.807, 2.05) is 0 Å². The van der Waals surface area contributed by atoms with Crippen LogP contribution in [0.5, 0.6) is 0 Å². The van der Waals surface area contributed by atoms with Crippen molar-refractivity contribution in [2.45, 2.75) is 19.9 Å². The van der Waals surface area contributed by atoms with Crippen LogP contribution in [0.25, 0.3) is 11.0 Å². The normalized spacial score (nSPS) is 11.2. The molecule has 0 amide bonds. The molecule has 0 aliphatic carbocycles. The zero-order chi connectivity index (χ0) is 11.5. The van der Waals surface area contributed by atoms with Crippen LogP contribution < -0.4 is 5.32 Å². The predicted molar refractivity (Wildman–Crippen MR) is 58.1 cm³/mol. The van der Waals surface area contributed by atoms with Crippen molar-refractivity contribution in [1.29, 1.82) is 0 Å². The molecule has 0 bridgehead atoms. The van der Waals surface area contributed by atoms with E-state index in [1.165, 1.54) is 6.07 Å². The molecule has 0 saturated heterocycles. The molecule has 0 fully saturated rings. The SMILES string of the molecule is CCCNCc1cc2cc(F)cc(F)c2o1. The first-order chi connectivity index (χ1) is 7.70. The number of halogens is 2. The Balaban J connectivity index is 2.26. The fraction of sp³-hybridized carbons (Fsp3) is 0.333. The fourth-order valence-corrected chi connectivity index (χ4v) is 1.60. The average molecular weight is 225 g/mol. The predicted octanol–water partition coefficient (Wildman–Crippen LogP) is 3.21. The Morgan fingerprint density at radius 3 is 2.81 bits per heavy atom. The van der Waals surface area contributed by atoms with Crippen molar-refractivity contribution in [2.24, 2.45) is 0 Å². The van der Waals surface area contributed by atoms with E-state index in [0.29, 0.717) is 17.7 Å². The number of furan rings is 1. The van der Waals surface area contributed by atoms with Gasteiger partial charge in [-0.25, -0.2) is 8.78 Å². The van der Waals surface area contributed by atoms with E-state index < -0.39 is 11.6 Å². The van der Waals surface area contributed by atoms with Crippen LogP contribution in [0.3, 0.4) is 0 Å². The summed E-state index contributed by atoms with van der Waals surface area (Å²) in [7, 11) is 0.